The molecule has 5 N–H and O–H groups in total. The quantitative estimate of drug-likeness (QED) is 0.0379. The summed E-state index contributed by atoms with van der Waals surface area (Å²) < 4.78 is 47.5. The minimum atomic E-state index is -4.92. The lowest BCUT2D eigenvalue weighted by Crippen LogP contribution is -2.49. The van der Waals surface area contributed by atoms with Crippen molar-refractivity contribution in [2.24, 2.45) is 5.92 Å². The number of alkyl halides is 3. The van der Waals surface area contributed by atoms with Gasteiger partial charge in [0, 0.05) is 103 Å². The van der Waals surface area contributed by atoms with E-state index in [1.165, 1.54) is 16.2 Å². The number of amides is 5. The van der Waals surface area contributed by atoms with Gasteiger partial charge in [0.1, 0.15) is 17.7 Å². The molecular formula is C64H78F3N11O8S. The Bertz CT molecular complexity index is 3430. The highest BCUT2D eigenvalue weighted by molar-refractivity contribution is 7.13. The predicted octanol–water partition coefficient (Wildman–Crippen LogP) is 8.54. The van der Waals surface area contributed by atoms with Crippen molar-refractivity contribution in [2.45, 2.75) is 116 Å². The Labute approximate surface area is 508 Å². The summed E-state index contributed by atoms with van der Waals surface area (Å²) in [5.41, 5.74) is 5.73. The molecule has 3 aliphatic heterocycles. The molecule has 0 bridgehead atoms. The van der Waals surface area contributed by atoms with Crippen LogP contribution in [-0.2, 0) is 31.9 Å². The molecule has 3 aromatic heterocycles. The van der Waals surface area contributed by atoms with Crippen LogP contribution in [0.5, 0.6) is 0 Å². The van der Waals surface area contributed by atoms with Crippen LogP contribution in [0.4, 0.5) is 24.5 Å². The number of nitrogens with zero attached hydrogens (tertiary/aromatic N) is 7. The lowest BCUT2D eigenvalue weighted by Gasteiger charge is -2.35. The number of likely N-dealkylation sites (N-methyl/N-ethyl adjacent to an activating group) is 1. The van der Waals surface area contributed by atoms with Gasteiger partial charge in [0.25, 0.3) is 5.91 Å². The van der Waals surface area contributed by atoms with Crippen LogP contribution in [-0.4, -0.2) is 154 Å². The smallest absolute Gasteiger partial charge is 0.391 e. The maximum Gasteiger partial charge on any atom is 0.417 e. The van der Waals surface area contributed by atoms with Crippen LogP contribution in [0.1, 0.15) is 121 Å². The van der Waals surface area contributed by atoms with E-state index in [-0.39, 0.29) is 43.0 Å². The zero-order valence-corrected chi connectivity index (χ0v) is 50.8. The van der Waals surface area contributed by atoms with Gasteiger partial charge in [0.05, 0.1) is 62.8 Å². The minimum absolute atomic E-state index is 0.0158. The Kier molecular flexibility index (Phi) is 21.1. The number of carbonyl (C=O) groups is 5. The number of carbonyl (C=O) groups excluding carboxylic acids is 5. The van der Waals surface area contributed by atoms with E-state index in [9.17, 15) is 47.0 Å². The van der Waals surface area contributed by atoms with Crippen molar-refractivity contribution < 1.29 is 46.8 Å². The van der Waals surface area contributed by atoms with Gasteiger partial charge in [-0.2, -0.15) is 13.2 Å². The molecule has 4 atom stereocenters. The summed E-state index contributed by atoms with van der Waals surface area (Å²) in [6.45, 7) is 14.0. The number of aromatic amines is 1. The molecule has 0 radical (unpaired) electrons. The summed E-state index contributed by atoms with van der Waals surface area (Å²) in [6.07, 6.45) is -0.471. The van der Waals surface area contributed by atoms with Gasteiger partial charge in [-0.3, -0.25) is 33.7 Å². The van der Waals surface area contributed by atoms with Crippen molar-refractivity contribution in [3.05, 3.63) is 140 Å². The Hall–Kier alpha value is -7.73. The number of aromatic nitrogens is 3. The second-order valence-corrected chi connectivity index (χ2v) is 24.3. The first kappa shape index (κ1) is 63.8. The molecular weight excluding hydrogens is 1140 g/mol. The molecule has 23 heteroatoms. The van der Waals surface area contributed by atoms with Crippen LogP contribution < -0.4 is 26.4 Å². The number of anilines is 2. The minimum Gasteiger partial charge on any atom is -0.391 e. The molecule has 0 saturated carbocycles. The highest BCUT2D eigenvalue weighted by Crippen LogP contribution is 2.37. The second kappa shape index (κ2) is 28.9. The highest BCUT2D eigenvalue weighted by atomic mass is 32.1. The maximum absolute atomic E-state index is 14.2. The number of aryl methyl sites for hydroxylation is 2. The third-order valence-electron chi connectivity index (χ3n) is 16.6. The van der Waals surface area contributed by atoms with E-state index in [2.05, 4.69) is 51.8 Å². The summed E-state index contributed by atoms with van der Waals surface area (Å²) >= 11 is 1.53. The fraction of sp³-hybridized carbons (Fsp3) is 0.469. The van der Waals surface area contributed by atoms with E-state index in [1.807, 2.05) is 87.3 Å². The van der Waals surface area contributed by atoms with E-state index >= 15 is 0 Å². The first-order valence-electron chi connectivity index (χ1n) is 30.0. The van der Waals surface area contributed by atoms with Crippen molar-refractivity contribution >= 4 is 52.2 Å². The molecule has 5 amide bonds. The largest absolute Gasteiger partial charge is 0.417 e. The van der Waals surface area contributed by atoms with E-state index in [4.69, 9.17) is 4.52 Å². The zero-order valence-electron chi connectivity index (χ0n) is 50.0. The molecule has 0 spiro atoms. The van der Waals surface area contributed by atoms with Gasteiger partial charge in [-0.25, -0.2) is 4.98 Å². The highest BCUT2D eigenvalue weighted by Gasteiger charge is 2.44. The fourth-order valence-corrected chi connectivity index (χ4v) is 12.6. The number of hydrogen-bond donors (Lipinski definition) is 5. The standard InChI is InChI=1S/C64H78F3N11O8S/c1-40(2)59(55-30-41(3)73-86-55)63(85)78-38-48(79)33-54(78)62(84)71-51(44-15-17-45(18-16-44)60-42(4)70-39-87-60)35-57(81)68-21-10-8-6-7-9-14-58(82)77-28-24-75(25-29-77)37-43-12-11-13-46(31-43)47-19-20-53(76-26-22-74(5)23-27-76)52(32-47)72-61(83)49-36-69-56(80)34-50(49)64(65,66)67/h11-13,15-20,30-32,34,36,39-40,48,51,54,59,79H,6-10,14,21-29,33,35,37-38H2,1-5H3,(H,68,81)(H,69,80)(H,71,84)(H,72,83)/t48-,51?,54+,59?/m1/s1. The number of aliphatic hydroxyl groups is 1. The number of likely N-dealkylation sites (tertiary alicyclic amines) is 1. The molecule has 6 heterocycles. The van der Waals surface area contributed by atoms with Gasteiger partial charge >= 0.3 is 6.18 Å². The molecule has 87 heavy (non-hydrogen) atoms. The van der Waals surface area contributed by atoms with Gasteiger partial charge in [0.15, 0.2) is 0 Å². The summed E-state index contributed by atoms with van der Waals surface area (Å²) in [4.78, 5) is 98.2. The van der Waals surface area contributed by atoms with E-state index < -0.39 is 58.8 Å². The second-order valence-electron chi connectivity index (χ2n) is 23.5. The number of β-amino-alcohol motifs (C(OH)–C–C–N with tert-alkyl or cyclic N) is 1. The number of thiazole rings is 1. The fourth-order valence-electron chi connectivity index (χ4n) is 11.8. The molecule has 464 valence electrons. The summed E-state index contributed by atoms with van der Waals surface area (Å²) in [7, 11) is 2.01. The number of pyridine rings is 1. The topological polar surface area (TPSA) is 230 Å². The molecule has 19 nitrogen and oxygen atoms in total. The number of halogens is 3. The lowest BCUT2D eigenvalue weighted by molar-refractivity contribution is -0.141. The molecule has 3 saturated heterocycles. The van der Waals surface area contributed by atoms with Crippen LogP contribution >= 0.6 is 11.3 Å². The first-order chi connectivity index (χ1) is 41.7. The van der Waals surface area contributed by atoms with Gasteiger partial charge in [0.2, 0.25) is 29.2 Å². The molecule has 6 aromatic rings. The molecule has 0 aliphatic carbocycles. The van der Waals surface area contributed by atoms with Crippen molar-refractivity contribution in [2.75, 3.05) is 82.7 Å². The normalized spacial score (nSPS) is 17.6. The third kappa shape index (κ3) is 16.5. The van der Waals surface area contributed by atoms with E-state index in [0.29, 0.717) is 93.2 Å². The Morgan fingerprint density at radius 2 is 1.56 bits per heavy atom. The Morgan fingerprint density at radius 1 is 0.851 bits per heavy atom. The summed E-state index contributed by atoms with van der Waals surface area (Å²) in [6, 6.07) is 21.7. The Balaban J connectivity index is 0.721. The molecule has 3 aromatic carbocycles. The van der Waals surface area contributed by atoms with E-state index in [0.717, 1.165) is 84.2 Å². The zero-order chi connectivity index (χ0) is 61.9. The van der Waals surface area contributed by atoms with Gasteiger partial charge < -0.3 is 50.2 Å². The van der Waals surface area contributed by atoms with E-state index in [1.54, 1.807) is 24.6 Å². The van der Waals surface area contributed by atoms with Crippen molar-refractivity contribution in [3.8, 4) is 21.6 Å². The number of nitrogens with one attached hydrogen (secondary N) is 4. The molecule has 3 fully saturated rings. The van der Waals surface area contributed by atoms with Gasteiger partial charge in [-0.05, 0) is 85.7 Å². The summed E-state index contributed by atoms with van der Waals surface area (Å²) in [5.74, 6) is -2.40. The van der Waals surface area contributed by atoms with Crippen molar-refractivity contribution in [3.63, 3.8) is 0 Å². The monoisotopic (exact) mass is 1220 g/mol. The van der Waals surface area contributed by atoms with Crippen molar-refractivity contribution in [1.29, 1.82) is 0 Å². The summed E-state index contributed by atoms with van der Waals surface area (Å²) in [5, 5.41) is 23.6. The SMILES string of the molecule is Cc1cc(C(C(=O)N2C[C@H](O)C[C@H]2C(=O)NC(CC(=O)NCCCCCCCC(=O)N2CCN(Cc3cccc(-c4ccc(N5CCN(C)CC5)c(NC(=O)c5c[nH]c(=O)cc5C(F)(F)F)c4)c3)CC2)c2ccc(-c3scnc3C)cc2)C(C)C)on1. The number of H-pyrrole nitrogens is 1. The first-order valence-corrected chi connectivity index (χ1v) is 30.8. The van der Waals surface area contributed by atoms with Crippen LogP contribution in [0, 0.1) is 19.8 Å². The lowest BCUT2D eigenvalue weighted by atomic mass is 9.91. The average Bonchev–Trinajstić information content (AvgIpc) is 2.97. The average molecular weight is 1220 g/mol. The van der Waals surface area contributed by atoms with Crippen molar-refractivity contribution in [1.82, 2.24) is 45.4 Å². The van der Waals surface area contributed by atoms with Crippen LogP contribution in [0.15, 0.2) is 99.9 Å². The molecule has 3 aliphatic rings. The number of hydrogen-bond acceptors (Lipinski definition) is 14. The van der Waals surface area contributed by atoms with Crippen LogP contribution in [0.2, 0.25) is 0 Å². The number of aliphatic hydroxyl groups excluding tert-OH is 1. The van der Waals surface area contributed by atoms with Crippen LogP contribution in [0.3, 0.4) is 0 Å². The van der Waals surface area contributed by atoms with Gasteiger partial charge in [-0.1, -0.05) is 86.8 Å². The number of rotatable bonds is 23. The molecule has 9 rings (SSSR count). The maximum atomic E-state index is 14.2. The number of benzene rings is 3. The number of unbranched alkanes of at least 4 members (excludes halogenated alkanes) is 4. The molecule has 2 unspecified atom stereocenters. The third-order valence-corrected chi connectivity index (χ3v) is 17.6. The van der Waals surface area contributed by atoms with Gasteiger partial charge in [-0.15, -0.1) is 11.3 Å². The van der Waals surface area contributed by atoms with Crippen LogP contribution in [0.25, 0.3) is 21.6 Å². The number of piperazine rings is 2. The Morgan fingerprint density at radius 3 is 2.25 bits per heavy atom. The predicted molar refractivity (Wildman–Crippen MR) is 327 cm³/mol.